The monoisotopic (exact) mass is 410 g/mol. The summed E-state index contributed by atoms with van der Waals surface area (Å²) in [6.07, 6.45) is 3.77. The van der Waals surface area contributed by atoms with Crippen LogP contribution in [0.5, 0.6) is 0 Å². The van der Waals surface area contributed by atoms with E-state index >= 15 is 0 Å². The zero-order valence-electron chi connectivity index (χ0n) is 16.6. The van der Waals surface area contributed by atoms with Gasteiger partial charge in [-0.3, -0.25) is 10.2 Å². The van der Waals surface area contributed by atoms with Gasteiger partial charge in [-0.1, -0.05) is 24.3 Å². The standard InChI is InChI=1S/C20H30N4O3.ClH/c1-23(12-4-3-5-18(25)27-2)20(26)24-13-10-16(11-14-24)15-6-8-17(9-7-15)19(21)22;/h6-9,16H,3-5,10-14H2,1-2H3,(H3,21,22);1H. The number of ether oxygens (including phenoxy) is 1. The van der Waals surface area contributed by atoms with Gasteiger partial charge in [0.05, 0.1) is 7.11 Å². The molecule has 0 radical (unpaired) electrons. The summed E-state index contributed by atoms with van der Waals surface area (Å²) >= 11 is 0. The molecule has 0 bridgehead atoms. The van der Waals surface area contributed by atoms with Crippen LogP contribution in [0.2, 0.25) is 0 Å². The van der Waals surface area contributed by atoms with Crippen LogP contribution < -0.4 is 5.73 Å². The number of nitrogens with zero attached hydrogens (tertiary/aromatic N) is 2. The number of amidine groups is 1. The molecule has 1 aromatic carbocycles. The summed E-state index contributed by atoms with van der Waals surface area (Å²) in [5.74, 6) is 0.305. The van der Waals surface area contributed by atoms with Crippen molar-refractivity contribution in [3.63, 3.8) is 0 Å². The smallest absolute Gasteiger partial charge is 0.319 e. The van der Waals surface area contributed by atoms with Gasteiger partial charge in [0.1, 0.15) is 5.84 Å². The molecule has 0 aromatic heterocycles. The van der Waals surface area contributed by atoms with E-state index in [1.165, 1.54) is 12.7 Å². The van der Waals surface area contributed by atoms with E-state index in [2.05, 4.69) is 4.74 Å². The molecule has 2 amide bonds. The number of unbranched alkanes of at least 4 members (excludes halogenated alkanes) is 1. The Morgan fingerprint density at radius 1 is 1.21 bits per heavy atom. The zero-order valence-corrected chi connectivity index (χ0v) is 17.5. The van der Waals surface area contributed by atoms with E-state index in [9.17, 15) is 9.59 Å². The Morgan fingerprint density at radius 3 is 2.36 bits per heavy atom. The average molecular weight is 411 g/mol. The summed E-state index contributed by atoms with van der Waals surface area (Å²) in [6, 6.07) is 7.89. The molecule has 0 saturated carbocycles. The summed E-state index contributed by atoms with van der Waals surface area (Å²) in [6.45, 7) is 2.12. The maximum atomic E-state index is 12.6. The molecule has 0 atom stereocenters. The van der Waals surface area contributed by atoms with Crippen molar-refractivity contribution in [1.82, 2.24) is 9.80 Å². The van der Waals surface area contributed by atoms with Gasteiger partial charge in [0.25, 0.3) is 0 Å². The highest BCUT2D eigenvalue weighted by Gasteiger charge is 2.25. The SMILES string of the molecule is COC(=O)CCCCN(C)C(=O)N1CCC(c2ccc(C(=N)N)cc2)CC1.Cl. The van der Waals surface area contributed by atoms with Gasteiger partial charge < -0.3 is 20.3 Å². The minimum Gasteiger partial charge on any atom is -0.469 e. The third-order valence-corrected chi connectivity index (χ3v) is 5.14. The van der Waals surface area contributed by atoms with Crippen LogP contribution in [0.25, 0.3) is 0 Å². The van der Waals surface area contributed by atoms with Gasteiger partial charge in [-0.2, -0.15) is 0 Å². The van der Waals surface area contributed by atoms with Crippen LogP contribution in [0.4, 0.5) is 4.79 Å². The van der Waals surface area contributed by atoms with Gasteiger partial charge in [0, 0.05) is 38.7 Å². The van der Waals surface area contributed by atoms with Crippen LogP contribution in [0, 0.1) is 5.41 Å². The molecule has 0 unspecified atom stereocenters. The first kappa shape index (κ1) is 23.8. The second-order valence-corrected chi connectivity index (χ2v) is 7.03. The van der Waals surface area contributed by atoms with Gasteiger partial charge >= 0.3 is 12.0 Å². The summed E-state index contributed by atoms with van der Waals surface area (Å²) in [7, 11) is 3.20. The number of nitrogens with one attached hydrogen (secondary N) is 1. The number of likely N-dealkylation sites (tertiary alicyclic amines) is 1. The fourth-order valence-electron chi connectivity index (χ4n) is 3.40. The van der Waals surface area contributed by atoms with Crippen LogP contribution >= 0.6 is 12.4 Å². The molecule has 0 spiro atoms. The molecule has 1 fully saturated rings. The Hall–Kier alpha value is -2.28. The number of amides is 2. The first-order chi connectivity index (χ1) is 12.9. The van der Waals surface area contributed by atoms with E-state index in [1.54, 1.807) is 4.90 Å². The number of hydrogen-bond donors (Lipinski definition) is 2. The molecule has 0 aliphatic carbocycles. The number of nitrogen functional groups attached to an aromatic ring is 1. The van der Waals surface area contributed by atoms with Gasteiger partial charge in [-0.25, -0.2) is 4.79 Å². The highest BCUT2D eigenvalue weighted by Crippen LogP contribution is 2.28. The second-order valence-electron chi connectivity index (χ2n) is 7.03. The molecule has 8 heteroatoms. The molecule has 1 aromatic rings. The van der Waals surface area contributed by atoms with E-state index < -0.39 is 0 Å². The maximum Gasteiger partial charge on any atom is 0.319 e. The van der Waals surface area contributed by atoms with E-state index in [4.69, 9.17) is 11.1 Å². The van der Waals surface area contributed by atoms with Crippen molar-refractivity contribution in [3.05, 3.63) is 35.4 Å². The number of urea groups is 1. The van der Waals surface area contributed by atoms with Crippen LogP contribution in [-0.4, -0.2) is 61.4 Å². The van der Waals surface area contributed by atoms with Crippen molar-refractivity contribution in [3.8, 4) is 0 Å². The van der Waals surface area contributed by atoms with Crippen LogP contribution in [0.1, 0.15) is 49.1 Å². The van der Waals surface area contributed by atoms with Crippen molar-refractivity contribution in [2.75, 3.05) is 33.8 Å². The summed E-state index contributed by atoms with van der Waals surface area (Å²) in [4.78, 5) is 27.3. The number of rotatable bonds is 7. The highest BCUT2D eigenvalue weighted by molar-refractivity contribution is 5.94. The van der Waals surface area contributed by atoms with Gasteiger partial charge in [-0.05, 0) is 37.2 Å². The number of hydrogen-bond acceptors (Lipinski definition) is 4. The van der Waals surface area contributed by atoms with E-state index in [0.29, 0.717) is 18.9 Å². The second kappa shape index (κ2) is 11.5. The Kier molecular flexibility index (Phi) is 9.79. The van der Waals surface area contributed by atoms with Crippen molar-refractivity contribution in [1.29, 1.82) is 5.41 Å². The molecule has 2 rings (SSSR count). The predicted molar refractivity (Wildman–Crippen MR) is 112 cm³/mol. The average Bonchev–Trinajstić information content (AvgIpc) is 2.70. The highest BCUT2D eigenvalue weighted by atomic mass is 35.5. The first-order valence-corrected chi connectivity index (χ1v) is 9.43. The minimum absolute atomic E-state index is 0. The lowest BCUT2D eigenvalue weighted by atomic mass is 9.89. The summed E-state index contributed by atoms with van der Waals surface area (Å²) in [5, 5.41) is 7.46. The Balaban J connectivity index is 0.00000392. The Morgan fingerprint density at radius 2 is 1.82 bits per heavy atom. The number of piperidine rings is 1. The summed E-state index contributed by atoms with van der Waals surface area (Å²) < 4.78 is 4.62. The number of methoxy groups -OCH3 is 1. The van der Waals surface area contributed by atoms with Crippen LogP contribution in [0.3, 0.4) is 0 Å². The molecule has 3 N–H and O–H groups in total. The normalized spacial score (nSPS) is 14.1. The number of esters is 1. The fourth-order valence-corrected chi connectivity index (χ4v) is 3.40. The molecule has 1 aliphatic rings. The van der Waals surface area contributed by atoms with E-state index in [1.807, 2.05) is 36.2 Å². The lowest BCUT2D eigenvalue weighted by molar-refractivity contribution is -0.140. The van der Waals surface area contributed by atoms with Gasteiger partial charge in [-0.15, -0.1) is 12.4 Å². The number of nitrogens with two attached hydrogens (primary N) is 1. The van der Waals surface area contributed by atoms with Crippen molar-refractivity contribution >= 4 is 30.2 Å². The first-order valence-electron chi connectivity index (χ1n) is 9.43. The molecule has 1 saturated heterocycles. The van der Waals surface area contributed by atoms with Crippen LogP contribution in [-0.2, 0) is 9.53 Å². The topological polar surface area (TPSA) is 99.7 Å². The third-order valence-electron chi connectivity index (χ3n) is 5.14. The lowest BCUT2D eigenvalue weighted by Crippen LogP contribution is -2.45. The van der Waals surface area contributed by atoms with Crippen molar-refractivity contribution in [2.45, 2.75) is 38.0 Å². The molecule has 1 heterocycles. The molecular weight excluding hydrogens is 380 g/mol. The fraction of sp³-hybridized carbons (Fsp3) is 0.550. The van der Waals surface area contributed by atoms with Gasteiger partial charge in [0.15, 0.2) is 0 Å². The number of halogens is 1. The molecule has 156 valence electrons. The number of carbonyl (C=O) groups excluding carboxylic acids is 2. The predicted octanol–water partition coefficient (Wildman–Crippen LogP) is 2.97. The van der Waals surface area contributed by atoms with Gasteiger partial charge in [0.2, 0.25) is 0 Å². The Labute approximate surface area is 173 Å². The quantitative estimate of drug-likeness (QED) is 0.312. The molecule has 7 nitrogen and oxygen atoms in total. The largest absolute Gasteiger partial charge is 0.469 e. The van der Waals surface area contributed by atoms with E-state index in [0.717, 1.165) is 44.3 Å². The Bertz CT molecular complexity index is 658. The third kappa shape index (κ3) is 6.71. The maximum absolute atomic E-state index is 12.6. The number of carbonyl (C=O) groups is 2. The minimum atomic E-state index is -0.206. The zero-order chi connectivity index (χ0) is 19.8. The summed E-state index contributed by atoms with van der Waals surface area (Å²) in [5.41, 5.74) is 7.47. The number of benzene rings is 1. The lowest BCUT2D eigenvalue weighted by Gasteiger charge is -2.35. The van der Waals surface area contributed by atoms with Crippen LogP contribution in [0.15, 0.2) is 24.3 Å². The molecule has 28 heavy (non-hydrogen) atoms. The van der Waals surface area contributed by atoms with Crippen molar-refractivity contribution in [2.24, 2.45) is 5.73 Å². The molecule has 1 aliphatic heterocycles. The molecular formula is C20H31ClN4O3. The van der Waals surface area contributed by atoms with Crippen molar-refractivity contribution < 1.29 is 14.3 Å². The van der Waals surface area contributed by atoms with E-state index in [-0.39, 0.29) is 30.2 Å².